The lowest BCUT2D eigenvalue weighted by molar-refractivity contribution is -0.135. The summed E-state index contributed by atoms with van der Waals surface area (Å²) in [6, 6.07) is 7.21. The number of aromatic nitrogens is 2. The Morgan fingerprint density at radius 3 is 3.12 bits per heavy atom. The average Bonchev–Trinajstić information content (AvgIpc) is 3.14. The maximum atomic E-state index is 12.7. The Labute approximate surface area is 145 Å². The standard InChI is InChI=1S/C17H20ClN3O3/c1-23-15-9-12(18)5-4-11(15)10-19-17(22)13-3-2-8-24-16(13)14-6-7-20-21-14/h4-7,9,13,16H,2-3,8,10H2,1H3,(H,19,22)(H,20,21)/t13-,16-/m1/s1. The molecule has 2 N–H and O–H groups in total. The summed E-state index contributed by atoms with van der Waals surface area (Å²) >= 11 is 5.96. The molecule has 2 aromatic rings. The van der Waals surface area contributed by atoms with Gasteiger partial charge in [0.2, 0.25) is 5.91 Å². The van der Waals surface area contributed by atoms with Crippen LogP contribution < -0.4 is 10.1 Å². The molecule has 1 aromatic heterocycles. The molecule has 0 unspecified atom stereocenters. The van der Waals surface area contributed by atoms with Crippen molar-refractivity contribution in [3.8, 4) is 5.75 Å². The molecule has 1 aromatic carbocycles. The lowest BCUT2D eigenvalue weighted by Gasteiger charge is -2.30. The molecule has 0 radical (unpaired) electrons. The van der Waals surface area contributed by atoms with Gasteiger partial charge in [0.1, 0.15) is 11.9 Å². The summed E-state index contributed by atoms with van der Waals surface area (Å²) in [7, 11) is 1.58. The third-order valence-corrected chi connectivity index (χ3v) is 4.43. The molecule has 3 rings (SSSR count). The van der Waals surface area contributed by atoms with E-state index < -0.39 is 0 Å². The quantitative estimate of drug-likeness (QED) is 0.870. The van der Waals surface area contributed by atoms with Crippen LogP contribution >= 0.6 is 11.6 Å². The lowest BCUT2D eigenvalue weighted by Crippen LogP contribution is -2.37. The summed E-state index contributed by atoms with van der Waals surface area (Å²) in [4.78, 5) is 12.7. The van der Waals surface area contributed by atoms with Crippen LogP contribution in [0.25, 0.3) is 0 Å². The molecule has 1 amide bonds. The number of hydrogen-bond acceptors (Lipinski definition) is 4. The Morgan fingerprint density at radius 2 is 2.38 bits per heavy atom. The minimum Gasteiger partial charge on any atom is -0.496 e. The van der Waals surface area contributed by atoms with E-state index in [-0.39, 0.29) is 17.9 Å². The highest BCUT2D eigenvalue weighted by molar-refractivity contribution is 6.30. The Bertz CT molecular complexity index is 690. The van der Waals surface area contributed by atoms with Crippen molar-refractivity contribution in [3.63, 3.8) is 0 Å². The number of benzene rings is 1. The summed E-state index contributed by atoms with van der Waals surface area (Å²) in [6.07, 6.45) is 3.04. The van der Waals surface area contributed by atoms with E-state index in [0.717, 1.165) is 24.1 Å². The number of carbonyl (C=O) groups is 1. The number of hydrogen-bond donors (Lipinski definition) is 2. The molecule has 1 saturated heterocycles. The largest absolute Gasteiger partial charge is 0.496 e. The predicted molar refractivity (Wildman–Crippen MR) is 89.9 cm³/mol. The predicted octanol–water partition coefficient (Wildman–Crippen LogP) is 2.86. The molecule has 7 heteroatoms. The summed E-state index contributed by atoms with van der Waals surface area (Å²) < 4.78 is 11.1. The SMILES string of the molecule is COc1cc(Cl)ccc1CNC(=O)[C@@H]1CCCO[C@H]1c1ccn[nH]1. The molecule has 0 aliphatic carbocycles. The maximum Gasteiger partial charge on any atom is 0.226 e. The van der Waals surface area contributed by atoms with E-state index in [1.54, 1.807) is 25.4 Å². The van der Waals surface area contributed by atoms with Gasteiger partial charge in [-0.15, -0.1) is 0 Å². The zero-order valence-electron chi connectivity index (χ0n) is 13.4. The minimum atomic E-state index is -0.284. The van der Waals surface area contributed by atoms with Crippen LogP contribution in [0.1, 0.15) is 30.2 Å². The summed E-state index contributed by atoms with van der Waals surface area (Å²) in [5, 5.41) is 10.4. The summed E-state index contributed by atoms with van der Waals surface area (Å²) in [6.45, 7) is 1.03. The van der Waals surface area contributed by atoms with Crippen molar-refractivity contribution in [3.05, 3.63) is 46.7 Å². The zero-order chi connectivity index (χ0) is 16.9. The van der Waals surface area contributed by atoms with Crippen molar-refractivity contribution in [2.45, 2.75) is 25.5 Å². The number of aromatic amines is 1. The maximum absolute atomic E-state index is 12.7. The van der Waals surface area contributed by atoms with Crippen LogP contribution in [0.4, 0.5) is 0 Å². The zero-order valence-corrected chi connectivity index (χ0v) is 14.2. The fourth-order valence-corrected chi connectivity index (χ4v) is 3.12. The van der Waals surface area contributed by atoms with E-state index in [1.807, 2.05) is 12.1 Å². The highest BCUT2D eigenvalue weighted by atomic mass is 35.5. The second kappa shape index (κ2) is 7.68. The van der Waals surface area contributed by atoms with Gasteiger partial charge in [-0.1, -0.05) is 17.7 Å². The summed E-state index contributed by atoms with van der Waals surface area (Å²) in [5.74, 6) is 0.386. The van der Waals surface area contributed by atoms with Gasteiger partial charge in [0.15, 0.2) is 0 Å². The van der Waals surface area contributed by atoms with E-state index in [4.69, 9.17) is 21.1 Å². The molecule has 2 heterocycles. The first kappa shape index (κ1) is 16.8. The first-order chi connectivity index (χ1) is 11.7. The molecule has 2 atom stereocenters. The van der Waals surface area contributed by atoms with Gasteiger partial charge in [-0.3, -0.25) is 9.89 Å². The molecule has 0 bridgehead atoms. The van der Waals surface area contributed by atoms with Crippen molar-refractivity contribution in [1.82, 2.24) is 15.5 Å². The van der Waals surface area contributed by atoms with E-state index in [1.165, 1.54) is 0 Å². The van der Waals surface area contributed by atoms with E-state index in [2.05, 4.69) is 15.5 Å². The molecule has 128 valence electrons. The Morgan fingerprint density at radius 1 is 1.50 bits per heavy atom. The van der Waals surface area contributed by atoms with Crippen LogP contribution in [-0.4, -0.2) is 29.8 Å². The monoisotopic (exact) mass is 349 g/mol. The first-order valence-electron chi connectivity index (χ1n) is 7.90. The number of rotatable bonds is 5. The third kappa shape index (κ3) is 3.71. The van der Waals surface area contributed by atoms with Gasteiger partial charge in [0.25, 0.3) is 0 Å². The van der Waals surface area contributed by atoms with Crippen LogP contribution in [0.15, 0.2) is 30.5 Å². The van der Waals surface area contributed by atoms with Crippen LogP contribution in [0.3, 0.4) is 0 Å². The molecule has 24 heavy (non-hydrogen) atoms. The minimum absolute atomic E-state index is 0.0358. The number of ether oxygens (including phenoxy) is 2. The van der Waals surface area contributed by atoms with Gasteiger partial charge in [0, 0.05) is 29.9 Å². The van der Waals surface area contributed by atoms with Crippen molar-refractivity contribution < 1.29 is 14.3 Å². The van der Waals surface area contributed by atoms with Crippen LogP contribution in [0, 0.1) is 5.92 Å². The lowest BCUT2D eigenvalue weighted by atomic mass is 9.91. The van der Waals surface area contributed by atoms with E-state index >= 15 is 0 Å². The van der Waals surface area contributed by atoms with Crippen molar-refractivity contribution in [1.29, 1.82) is 0 Å². The van der Waals surface area contributed by atoms with E-state index in [0.29, 0.717) is 23.9 Å². The van der Waals surface area contributed by atoms with E-state index in [9.17, 15) is 4.79 Å². The number of methoxy groups -OCH3 is 1. The molecule has 1 aliphatic rings. The number of H-pyrrole nitrogens is 1. The second-order valence-electron chi connectivity index (χ2n) is 5.73. The highest BCUT2D eigenvalue weighted by Gasteiger charge is 2.33. The van der Waals surface area contributed by atoms with Gasteiger partial charge in [0.05, 0.1) is 18.7 Å². The smallest absolute Gasteiger partial charge is 0.226 e. The van der Waals surface area contributed by atoms with Crippen LogP contribution in [-0.2, 0) is 16.1 Å². The second-order valence-corrected chi connectivity index (χ2v) is 6.16. The van der Waals surface area contributed by atoms with Crippen molar-refractivity contribution in [2.24, 2.45) is 5.92 Å². The average molecular weight is 350 g/mol. The first-order valence-corrected chi connectivity index (χ1v) is 8.28. The number of halogens is 1. The molecule has 1 fully saturated rings. The molecule has 6 nitrogen and oxygen atoms in total. The fourth-order valence-electron chi connectivity index (χ4n) is 2.96. The number of nitrogens with zero attached hydrogens (tertiary/aromatic N) is 1. The van der Waals surface area contributed by atoms with Crippen molar-refractivity contribution in [2.75, 3.05) is 13.7 Å². The number of amides is 1. The number of nitrogens with one attached hydrogen (secondary N) is 2. The number of carbonyl (C=O) groups excluding carboxylic acids is 1. The highest BCUT2D eigenvalue weighted by Crippen LogP contribution is 2.33. The van der Waals surface area contributed by atoms with Crippen LogP contribution in [0.2, 0.25) is 5.02 Å². The third-order valence-electron chi connectivity index (χ3n) is 4.19. The Kier molecular flexibility index (Phi) is 5.37. The van der Waals surface area contributed by atoms with Gasteiger partial charge < -0.3 is 14.8 Å². The van der Waals surface area contributed by atoms with Crippen molar-refractivity contribution >= 4 is 17.5 Å². The molecule has 0 spiro atoms. The molecular weight excluding hydrogens is 330 g/mol. The topological polar surface area (TPSA) is 76.2 Å². The molecule has 1 aliphatic heterocycles. The van der Waals surface area contributed by atoms with Gasteiger partial charge in [-0.05, 0) is 31.0 Å². The molecular formula is C17H20ClN3O3. The van der Waals surface area contributed by atoms with Gasteiger partial charge >= 0.3 is 0 Å². The normalized spacial score (nSPS) is 20.6. The summed E-state index contributed by atoms with van der Waals surface area (Å²) in [5.41, 5.74) is 1.71. The fraction of sp³-hybridized carbons (Fsp3) is 0.412. The molecule has 0 saturated carbocycles. The van der Waals surface area contributed by atoms with Crippen LogP contribution in [0.5, 0.6) is 5.75 Å². The Hall–Kier alpha value is -2.05. The van der Waals surface area contributed by atoms with Gasteiger partial charge in [-0.2, -0.15) is 5.10 Å². The Balaban J connectivity index is 1.67. The van der Waals surface area contributed by atoms with Gasteiger partial charge in [-0.25, -0.2) is 0 Å².